The molecule has 0 aromatic heterocycles. The predicted molar refractivity (Wildman–Crippen MR) is 63.1 cm³/mol. The minimum absolute atomic E-state index is 0.293. The molecule has 0 aromatic rings. The molecule has 0 spiro atoms. The summed E-state index contributed by atoms with van der Waals surface area (Å²) in [6.07, 6.45) is 3.29. The van der Waals surface area contributed by atoms with Crippen LogP contribution in [0.4, 0.5) is 13.2 Å². The van der Waals surface area contributed by atoms with E-state index in [4.69, 9.17) is 0 Å². The van der Waals surface area contributed by atoms with Crippen LogP contribution < -0.4 is 10.6 Å². The maximum absolute atomic E-state index is 11.8. The lowest BCUT2D eigenvalue weighted by Crippen LogP contribution is -2.38. The first-order valence-corrected chi connectivity index (χ1v) is 6.19. The third-order valence-electron chi connectivity index (χ3n) is 2.76. The molecule has 1 aliphatic carbocycles. The summed E-state index contributed by atoms with van der Waals surface area (Å²) in [5.74, 6) is -0.393. The minimum Gasteiger partial charge on any atom is -0.355 e. The smallest absolute Gasteiger partial charge is 0.355 e. The van der Waals surface area contributed by atoms with E-state index in [0.717, 1.165) is 19.3 Å². The van der Waals surface area contributed by atoms with E-state index in [9.17, 15) is 18.0 Å². The standard InChI is InChI=1S/C12H19F3N2O/c13-12(14,15)9-16-8-11(18)17-7-6-10-4-2-1-3-5-10/h4,16H,1-3,5-9H2,(H,17,18). The molecule has 0 aliphatic heterocycles. The minimum atomic E-state index is -4.27. The monoisotopic (exact) mass is 264 g/mol. The zero-order valence-electron chi connectivity index (χ0n) is 10.3. The van der Waals surface area contributed by atoms with Crippen LogP contribution >= 0.6 is 0 Å². The fraction of sp³-hybridized carbons (Fsp3) is 0.750. The zero-order chi connectivity index (χ0) is 13.4. The summed E-state index contributed by atoms with van der Waals surface area (Å²) in [5.41, 5.74) is 1.34. The third-order valence-corrected chi connectivity index (χ3v) is 2.76. The van der Waals surface area contributed by atoms with Crippen LogP contribution in [0.5, 0.6) is 0 Å². The van der Waals surface area contributed by atoms with Gasteiger partial charge in [0.25, 0.3) is 0 Å². The molecule has 0 bridgehead atoms. The number of hydrogen-bond donors (Lipinski definition) is 2. The van der Waals surface area contributed by atoms with Gasteiger partial charge in [-0.3, -0.25) is 4.79 Å². The van der Waals surface area contributed by atoms with Crippen molar-refractivity contribution in [3.05, 3.63) is 11.6 Å². The van der Waals surface area contributed by atoms with Gasteiger partial charge in [0.15, 0.2) is 0 Å². The van der Waals surface area contributed by atoms with Gasteiger partial charge in [-0.1, -0.05) is 11.6 Å². The van der Waals surface area contributed by atoms with Crippen LogP contribution in [0.1, 0.15) is 32.1 Å². The van der Waals surface area contributed by atoms with Crippen LogP contribution in [0.2, 0.25) is 0 Å². The predicted octanol–water partition coefficient (Wildman–Crippen LogP) is 2.15. The maximum atomic E-state index is 11.8. The highest BCUT2D eigenvalue weighted by molar-refractivity contribution is 5.77. The zero-order valence-corrected chi connectivity index (χ0v) is 10.3. The van der Waals surface area contributed by atoms with Crippen molar-refractivity contribution in [3.63, 3.8) is 0 Å². The number of rotatable bonds is 6. The van der Waals surface area contributed by atoms with Gasteiger partial charge < -0.3 is 10.6 Å². The normalized spacial score (nSPS) is 16.3. The molecule has 0 unspecified atom stereocenters. The van der Waals surface area contributed by atoms with Gasteiger partial charge in [0, 0.05) is 6.54 Å². The second kappa shape index (κ2) is 7.41. The van der Waals surface area contributed by atoms with Gasteiger partial charge in [0.05, 0.1) is 13.1 Å². The van der Waals surface area contributed by atoms with Crippen LogP contribution in [0.3, 0.4) is 0 Å². The fourth-order valence-corrected chi connectivity index (χ4v) is 1.87. The van der Waals surface area contributed by atoms with Crippen molar-refractivity contribution >= 4 is 5.91 Å². The van der Waals surface area contributed by atoms with E-state index < -0.39 is 18.6 Å². The Bertz CT molecular complexity index is 300. The molecule has 0 saturated heterocycles. The molecule has 104 valence electrons. The van der Waals surface area contributed by atoms with Crippen LogP contribution in [-0.4, -0.2) is 31.7 Å². The number of nitrogens with one attached hydrogen (secondary N) is 2. The SMILES string of the molecule is O=C(CNCC(F)(F)F)NCCC1=CCCCC1. The molecule has 0 radical (unpaired) electrons. The summed E-state index contributed by atoms with van der Waals surface area (Å²) in [5, 5.41) is 4.67. The number of alkyl halides is 3. The first-order valence-electron chi connectivity index (χ1n) is 6.19. The lowest BCUT2D eigenvalue weighted by atomic mass is 9.97. The Morgan fingerprint density at radius 3 is 2.72 bits per heavy atom. The van der Waals surface area contributed by atoms with E-state index in [0.29, 0.717) is 6.54 Å². The van der Waals surface area contributed by atoms with E-state index in [1.165, 1.54) is 18.4 Å². The number of carbonyl (C=O) groups excluding carboxylic acids is 1. The van der Waals surface area contributed by atoms with Gasteiger partial charge in [-0.15, -0.1) is 0 Å². The lowest BCUT2D eigenvalue weighted by molar-refractivity contribution is -0.128. The molecule has 1 amide bonds. The highest BCUT2D eigenvalue weighted by atomic mass is 19.4. The van der Waals surface area contributed by atoms with Crippen molar-refractivity contribution in [2.45, 2.75) is 38.3 Å². The van der Waals surface area contributed by atoms with Crippen molar-refractivity contribution in [2.24, 2.45) is 0 Å². The topological polar surface area (TPSA) is 41.1 Å². The molecular weight excluding hydrogens is 245 g/mol. The Morgan fingerprint density at radius 2 is 2.11 bits per heavy atom. The second-order valence-corrected chi connectivity index (χ2v) is 4.43. The summed E-state index contributed by atoms with van der Waals surface area (Å²) in [7, 11) is 0. The van der Waals surface area contributed by atoms with E-state index in [-0.39, 0.29) is 6.54 Å². The molecule has 1 rings (SSSR count). The Balaban J connectivity index is 2.04. The largest absolute Gasteiger partial charge is 0.401 e. The number of allylic oxidation sites excluding steroid dienone is 1. The molecule has 0 fully saturated rings. The average molecular weight is 264 g/mol. The summed E-state index contributed by atoms with van der Waals surface area (Å²) < 4.78 is 35.4. The first-order chi connectivity index (χ1) is 8.47. The average Bonchev–Trinajstić information content (AvgIpc) is 2.28. The van der Waals surface area contributed by atoms with Crippen molar-refractivity contribution in [3.8, 4) is 0 Å². The van der Waals surface area contributed by atoms with Crippen LogP contribution in [0, 0.1) is 0 Å². The van der Waals surface area contributed by atoms with Crippen LogP contribution in [-0.2, 0) is 4.79 Å². The lowest BCUT2D eigenvalue weighted by Gasteiger charge is -2.13. The van der Waals surface area contributed by atoms with E-state index in [2.05, 4.69) is 16.7 Å². The molecule has 2 N–H and O–H groups in total. The van der Waals surface area contributed by atoms with Gasteiger partial charge in [-0.25, -0.2) is 0 Å². The molecule has 0 saturated carbocycles. The molecule has 0 atom stereocenters. The highest BCUT2D eigenvalue weighted by Gasteiger charge is 2.26. The van der Waals surface area contributed by atoms with Gasteiger partial charge >= 0.3 is 6.18 Å². The van der Waals surface area contributed by atoms with E-state index >= 15 is 0 Å². The Kier molecular flexibility index (Phi) is 6.18. The number of carbonyl (C=O) groups is 1. The quantitative estimate of drug-likeness (QED) is 0.722. The number of hydrogen-bond acceptors (Lipinski definition) is 2. The van der Waals surface area contributed by atoms with Crippen LogP contribution in [0.15, 0.2) is 11.6 Å². The highest BCUT2D eigenvalue weighted by Crippen LogP contribution is 2.19. The third kappa shape index (κ3) is 7.32. The van der Waals surface area contributed by atoms with Gasteiger partial charge in [-0.05, 0) is 32.1 Å². The molecule has 6 heteroatoms. The van der Waals surface area contributed by atoms with Crippen molar-refractivity contribution in [1.82, 2.24) is 10.6 Å². The van der Waals surface area contributed by atoms with Gasteiger partial charge in [-0.2, -0.15) is 13.2 Å². The molecule has 3 nitrogen and oxygen atoms in total. The number of halogens is 3. The Hall–Kier alpha value is -1.04. The molecule has 18 heavy (non-hydrogen) atoms. The number of amides is 1. The van der Waals surface area contributed by atoms with Crippen molar-refractivity contribution in [2.75, 3.05) is 19.6 Å². The maximum Gasteiger partial charge on any atom is 0.401 e. The molecular formula is C12H19F3N2O. The molecule has 0 heterocycles. The van der Waals surface area contributed by atoms with Crippen molar-refractivity contribution < 1.29 is 18.0 Å². The van der Waals surface area contributed by atoms with Crippen LogP contribution in [0.25, 0.3) is 0 Å². The van der Waals surface area contributed by atoms with E-state index in [1.54, 1.807) is 0 Å². The second-order valence-electron chi connectivity index (χ2n) is 4.43. The van der Waals surface area contributed by atoms with Crippen molar-refractivity contribution in [1.29, 1.82) is 0 Å². The summed E-state index contributed by atoms with van der Waals surface area (Å²) in [4.78, 5) is 11.2. The Labute approximate surface area is 105 Å². The molecule has 1 aliphatic rings. The Morgan fingerprint density at radius 1 is 1.33 bits per heavy atom. The summed E-state index contributed by atoms with van der Waals surface area (Å²) in [6.45, 7) is -0.928. The summed E-state index contributed by atoms with van der Waals surface area (Å²) >= 11 is 0. The fourth-order valence-electron chi connectivity index (χ4n) is 1.87. The first kappa shape index (κ1) is 15.0. The van der Waals surface area contributed by atoms with Gasteiger partial charge in [0.2, 0.25) is 5.91 Å². The van der Waals surface area contributed by atoms with E-state index in [1.807, 2.05) is 0 Å². The summed E-state index contributed by atoms with van der Waals surface area (Å²) in [6, 6.07) is 0. The van der Waals surface area contributed by atoms with Gasteiger partial charge in [0.1, 0.15) is 0 Å². The molecule has 0 aromatic carbocycles.